The van der Waals surface area contributed by atoms with E-state index in [4.69, 9.17) is 0 Å². The summed E-state index contributed by atoms with van der Waals surface area (Å²) in [6.07, 6.45) is 2.66. The number of halogens is 1. The largest absolute Gasteiger partial charge is 0.368 e. The Morgan fingerprint density at radius 2 is 1.72 bits per heavy atom. The summed E-state index contributed by atoms with van der Waals surface area (Å²) in [5, 5.41) is 0. The lowest BCUT2D eigenvalue weighted by atomic mass is 9.97. The molecule has 2 fully saturated rings. The number of rotatable bonds is 3. The number of carbonyl (C=O) groups is 1. The lowest BCUT2D eigenvalue weighted by molar-refractivity contribution is -0.137. The smallest absolute Gasteiger partial charge is 0.227 e. The highest BCUT2D eigenvalue weighted by Crippen LogP contribution is 2.23. The molecule has 138 valence electrons. The van der Waals surface area contributed by atoms with Crippen molar-refractivity contribution < 1.29 is 17.6 Å². The highest BCUT2D eigenvalue weighted by atomic mass is 32.2. The zero-order valence-corrected chi connectivity index (χ0v) is 15.2. The first-order chi connectivity index (χ1) is 11.8. The molecule has 8 heteroatoms. The van der Waals surface area contributed by atoms with E-state index in [0.717, 1.165) is 18.5 Å². The van der Waals surface area contributed by atoms with Gasteiger partial charge in [-0.2, -0.15) is 0 Å². The standard InChI is InChI=1S/C17H24FN3O3S/c1-25(23,24)21-8-2-3-14(13-21)17(22)20-11-9-19(10-12-20)16-6-4-15(18)5-7-16/h4-7,14H,2-3,8-13H2,1H3. The Labute approximate surface area is 148 Å². The lowest BCUT2D eigenvalue weighted by Crippen LogP contribution is -2.53. The summed E-state index contributed by atoms with van der Waals surface area (Å²) in [5.41, 5.74) is 0.953. The number of sulfonamides is 1. The van der Waals surface area contributed by atoms with E-state index in [2.05, 4.69) is 4.90 Å². The Hall–Kier alpha value is -1.67. The minimum absolute atomic E-state index is 0.0482. The fourth-order valence-electron chi connectivity index (χ4n) is 3.54. The summed E-state index contributed by atoms with van der Waals surface area (Å²) in [7, 11) is -3.25. The Bertz CT molecular complexity index is 715. The number of piperidine rings is 1. The maximum Gasteiger partial charge on any atom is 0.227 e. The van der Waals surface area contributed by atoms with E-state index in [1.165, 1.54) is 22.7 Å². The summed E-state index contributed by atoms with van der Waals surface area (Å²) in [6, 6.07) is 6.37. The molecule has 1 aromatic carbocycles. The highest BCUT2D eigenvalue weighted by Gasteiger charge is 2.33. The van der Waals surface area contributed by atoms with E-state index in [0.29, 0.717) is 32.7 Å². The second-order valence-electron chi connectivity index (χ2n) is 6.75. The number of piperazine rings is 1. The van der Waals surface area contributed by atoms with Gasteiger partial charge in [-0.15, -0.1) is 0 Å². The van der Waals surface area contributed by atoms with Crippen molar-refractivity contribution in [1.29, 1.82) is 0 Å². The van der Waals surface area contributed by atoms with Crippen LogP contribution >= 0.6 is 0 Å². The van der Waals surface area contributed by atoms with E-state index in [1.807, 2.05) is 4.90 Å². The average Bonchev–Trinajstić information content (AvgIpc) is 2.61. The van der Waals surface area contributed by atoms with Crippen molar-refractivity contribution in [3.63, 3.8) is 0 Å². The van der Waals surface area contributed by atoms with Crippen LogP contribution in [0.3, 0.4) is 0 Å². The SMILES string of the molecule is CS(=O)(=O)N1CCCC(C(=O)N2CCN(c3ccc(F)cc3)CC2)C1. The van der Waals surface area contributed by atoms with Gasteiger partial charge < -0.3 is 9.80 Å². The van der Waals surface area contributed by atoms with Crippen LogP contribution in [0.4, 0.5) is 10.1 Å². The number of carbonyl (C=O) groups excluding carboxylic acids is 1. The number of hydrogen-bond acceptors (Lipinski definition) is 4. The molecule has 0 spiro atoms. The molecule has 25 heavy (non-hydrogen) atoms. The Kier molecular flexibility index (Phi) is 5.29. The molecule has 2 saturated heterocycles. The molecule has 2 aliphatic heterocycles. The summed E-state index contributed by atoms with van der Waals surface area (Å²) in [5.74, 6) is -0.460. The van der Waals surface area contributed by atoms with Gasteiger partial charge in [0, 0.05) is 45.0 Å². The molecule has 1 aromatic rings. The van der Waals surface area contributed by atoms with Crippen molar-refractivity contribution in [2.24, 2.45) is 5.92 Å². The van der Waals surface area contributed by atoms with Gasteiger partial charge in [-0.3, -0.25) is 4.79 Å². The van der Waals surface area contributed by atoms with Gasteiger partial charge >= 0.3 is 0 Å². The normalized spacial score (nSPS) is 22.9. The Morgan fingerprint density at radius 1 is 1.08 bits per heavy atom. The van der Waals surface area contributed by atoms with Gasteiger partial charge in [0.05, 0.1) is 12.2 Å². The van der Waals surface area contributed by atoms with Crippen molar-refractivity contribution in [3.8, 4) is 0 Å². The molecule has 0 saturated carbocycles. The molecule has 0 aromatic heterocycles. The third-order valence-corrected chi connectivity index (χ3v) is 6.26. The van der Waals surface area contributed by atoms with Gasteiger partial charge in [0.1, 0.15) is 5.82 Å². The minimum atomic E-state index is -3.25. The van der Waals surface area contributed by atoms with Gasteiger partial charge in [0.25, 0.3) is 0 Å². The molecule has 1 unspecified atom stereocenters. The maximum atomic E-state index is 13.0. The van der Waals surface area contributed by atoms with Crippen LogP contribution in [0.5, 0.6) is 0 Å². The lowest BCUT2D eigenvalue weighted by Gasteiger charge is -2.39. The second-order valence-corrected chi connectivity index (χ2v) is 8.73. The second kappa shape index (κ2) is 7.29. The fourth-order valence-corrected chi connectivity index (χ4v) is 4.45. The zero-order valence-electron chi connectivity index (χ0n) is 14.4. The molecule has 1 amide bonds. The number of hydrogen-bond donors (Lipinski definition) is 0. The Balaban J connectivity index is 1.57. The van der Waals surface area contributed by atoms with Crippen molar-refractivity contribution in [1.82, 2.24) is 9.21 Å². The summed E-state index contributed by atoms with van der Waals surface area (Å²) < 4.78 is 37.9. The maximum absolute atomic E-state index is 13.0. The summed E-state index contributed by atoms with van der Waals surface area (Å²) in [6.45, 7) is 3.38. The predicted octanol–water partition coefficient (Wildman–Crippen LogP) is 1.15. The van der Waals surface area contributed by atoms with Crippen molar-refractivity contribution in [3.05, 3.63) is 30.1 Å². The van der Waals surface area contributed by atoms with Crippen LogP contribution in [0.1, 0.15) is 12.8 Å². The molecule has 3 rings (SSSR count). The molecular formula is C17H24FN3O3S. The van der Waals surface area contributed by atoms with Crippen LogP contribution in [0.15, 0.2) is 24.3 Å². The van der Waals surface area contributed by atoms with Crippen LogP contribution < -0.4 is 4.90 Å². The third kappa shape index (κ3) is 4.30. The predicted molar refractivity (Wildman–Crippen MR) is 94.3 cm³/mol. The first-order valence-corrected chi connectivity index (χ1v) is 10.4. The van der Waals surface area contributed by atoms with Gasteiger partial charge in [-0.1, -0.05) is 0 Å². The number of benzene rings is 1. The topological polar surface area (TPSA) is 60.9 Å². The summed E-state index contributed by atoms with van der Waals surface area (Å²) in [4.78, 5) is 16.7. The van der Waals surface area contributed by atoms with E-state index in [1.54, 1.807) is 12.1 Å². The van der Waals surface area contributed by atoms with Crippen LogP contribution in [0.2, 0.25) is 0 Å². The average molecular weight is 369 g/mol. The summed E-state index contributed by atoms with van der Waals surface area (Å²) >= 11 is 0. The van der Waals surface area contributed by atoms with Crippen molar-refractivity contribution in [2.75, 3.05) is 50.4 Å². The molecule has 0 aliphatic carbocycles. The first-order valence-electron chi connectivity index (χ1n) is 8.59. The van der Waals surface area contributed by atoms with E-state index < -0.39 is 10.0 Å². The fraction of sp³-hybridized carbons (Fsp3) is 0.588. The van der Waals surface area contributed by atoms with Crippen molar-refractivity contribution >= 4 is 21.6 Å². The molecular weight excluding hydrogens is 345 g/mol. The van der Waals surface area contributed by atoms with Crippen LogP contribution in [-0.4, -0.2) is 69.1 Å². The third-order valence-electron chi connectivity index (χ3n) is 4.99. The van der Waals surface area contributed by atoms with Crippen molar-refractivity contribution in [2.45, 2.75) is 12.8 Å². The quantitative estimate of drug-likeness (QED) is 0.802. The number of amides is 1. The molecule has 0 radical (unpaired) electrons. The molecule has 0 bridgehead atoms. The van der Waals surface area contributed by atoms with E-state index in [-0.39, 0.29) is 24.2 Å². The van der Waals surface area contributed by atoms with Gasteiger partial charge in [-0.25, -0.2) is 17.1 Å². The highest BCUT2D eigenvalue weighted by molar-refractivity contribution is 7.88. The number of anilines is 1. The molecule has 0 N–H and O–H groups in total. The van der Waals surface area contributed by atoms with Gasteiger partial charge in [0.15, 0.2) is 0 Å². The van der Waals surface area contributed by atoms with Crippen LogP contribution in [0.25, 0.3) is 0 Å². The number of nitrogens with zero attached hydrogens (tertiary/aromatic N) is 3. The minimum Gasteiger partial charge on any atom is -0.368 e. The van der Waals surface area contributed by atoms with Crippen LogP contribution in [0, 0.1) is 11.7 Å². The van der Waals surface area contributed by atoms with Gasteiger partial charge in [-0.05, 0) is 37.1 Å². The molecule has 2 heterocycles. The monoisotopic (exact) mass is 369 g/mol. The van der Waals surface area contributed by atoms with E-state index in [9.17, 15) is 17.6 Å². The zero-order chi connectivity index (χ0) is 18.0. The van der Waals surface area contributed by atoms with Crippen LogP contribution in [-0.2, 0) is 14.8 Å². The first kappa shape index (κ1) is 18.1. The Morgan fingerprint density at radius 3 is 2.32 bits per heavy atom. The molecule has 6 nitrogen and oxygen atoms in total. The molecule has 2 aliphatic rings. The van der Waals surface area contributed by atoms with Gasteiger partial charge in [0.2, 0.25) is 15.9 Å². The van der Waals surface area contributed by atoms with E-state index >= 15 is 0 Å². The molecule has 1 atom stereocenters.